The van der Waals surface area contributed by atoms with Crippen LogP contribution in [0.2, 0.25) is 0 Å². The third kappa shape index (κ3) is 5.45. The van der Waals surface area contributed by atoms with Gasteiger partial charge in [-0.1, -0.05) is 31.2 Å². The lowest BCUT2D eigenvalue weighted by Crippen LogP contribution is -2.29. The first-order valence-corrected chi connectivity index (χ1v) is 8.19. The molecule has 0 aliphatic heterocycles. The van der Waals surface area contributed by atoms with Crippen LogP contribution in [0.25, 0.3) is 0 Å². The highest BCUT2D eigenvalue weighted by atomic mass is 35.5. The van der Waals surface area contributed by atoms with Gasteiger partial charge in [0.05, 0.1) is 5.69 Å². The van der Waals surface area contributed by atoms with Crippen molar-refractivity contribution >= 4 is 29.0 Å². The summed E-state index contributed by atoms with van der Waals surface area (Å²) in [5, 5.41) is 7.00. The van der Waals surface area contributed by atoms with Gasteiger partial charge in [-0.2, -0.15) is 0 Å². The molecule has 1 aromatic heterocycles. The Morgan fingerprint density at radius 3 is 2.79 bits per heavy atom. The lowest BCUT2D eigenvalue weighted by Gasteiger charge is -2.15. The molecule has 0 radical (unpaired) electrons. The summed E-state index contributed by atoms with van der Waals surface area (Å²) >= 11 is 6.96. The normalized spacial score (nSPS) is 12.4. The van der Waals surface area contributed by atoms with Crippen molar-refractivity contribution in [1.82, 2.24) is 14.9 Å². The quantitative estimate of drug-likeness (QED) is 0.712. The summed E-state index contributed by atoms with van der Waals surface area (Å²) in [6.45, 7) is 4.90. The van der Waals surface area contributed by atoms with Crippen molar-refractivity contribution in [3.63, 3.8) is 0 Å². The fraction of sp³-hybridized carbons (Fsp3) is 0.769. The number of hydrogen-bond acceptors (Lipinski definition) is 4. The molecule has 0 bridgehead atoms. The first-order chi connectivity index (χ1) is 9.22. The maximum Gasteiger partial charge on any atom is 0.264 e. The molecule has 0 spiro atoms. The number of carbonyl (C=O) groups is 1. The van der Waals surface area contributed by atoms with Crippen LogP contribution in [-0.2, 0) is 6.42 Å². The Morgan fingerprint density at radius 1 is 1.37 bits per heavy atom. The summed E-state index contributed by atoms with van der Waals surface area (Å²) in [5.74, 6) is 1.06. The Bertz CT molecular complexity index is 378. The van der Waals surface area contributed by atoms with Crippen molar-refractivity contribution < 1.29 is 4.79 Å². The zero-order chi connectivity index (χ0) is 14.1. The Balaban J connectivity index is 2.51. The van der Waals surface area contributed by atoms with Gasteiger partial charge >= 0.3 is 0 Å². The van der Waals surface area contributed by atoms with E-state index in [9.17, 15) is 4.79 Å². The molecule has 1 N–H and O–H groups in total. The largest absolute Gasteiger partial charge is 0.351 e. The number of rotatable bonds is 9. The first-order valence-electron chi connectivity index (χ1n) is 6.88. The van der Waals surface area contributed by atoms with Crippen LogP contribution < -0.4 is 5.32 Å². The molecule has 1 aromatic rings. The second-order valence-electron chi connectivity index (χ2n) is 4.64. The maximum absolute atomic E-state index is 12.1. The number of nitrogens with zero attached hydrogens (tertiary/aromatic N) is 2. The number of amides is 1. The van der Waals surface area contributed by atoms with E-state index in [1.807, 2.05) is 0 Å². The summed E-state index contributed by atoms with van der Waals surface area (Å²) in [6.07, 6.45) is 4.92. The lowest BCUT2D eigenvalue weighted by molar-refractivity contribution is 0.0949. The lowest BCUT2D eigenvalue weighted by atomic mass is 10.0. The molecule has 0 saturated carbocycles. The summed E-state index contributed by atoms with van der Waals surface area (Å²) in [4.78, 5) is 12.8. The van der Waals surface area contributed by atoms with Gasteiger partial charge in [0.2, 0.25) is 0 Å². The van der Waals surface area contributed by atoms with Crippen LogP contribution in [0.5, 0.6) is 0 Å². The smallest absolute Gasteiger partial charge is 0.264 e. The van der Waals surface area contributed by atoms with Crippen molar-refractivity contribution in [3.05, 3.63) is 10.6 Å². The predicted molar refractivity (Wildman–Crippen MR) is 80.0 cm³/mol. The molecule has 4 nitrogen and oxygen atoms in total. The maximum atomic E-state index is 12.1. The second kappa shape index (κ2) is 9.26. The third-order valence-electron chi connectivity index (χ3n) is 3.01. The Morgan fingerprint density at radius 2 is 2.16 bits per heavy atom. The van der Waals surface area contributed by atoms with E-state index in [1.54, 1.807) is 0 Å². The van der Waals surface area contributed by atoms with Gasteiger partial charge in [0.15, 0.2) is 0 Å². The van der Waals surface area contributed by atoms with Gasteiger partial charge in [0.1, 0.15) is 4.88 Å². The number of halogens is 1. The van der Waals surface area contributed by atoms with E-state index in [0.717, 1.165) is 37.8 Å². The van der Waals surface area contributed by atoms with Crippen LogP contribution in [0.1, 0.15) is 54.9 Å². The zero-order valence-corrected chi connectivity index (χ0v) is 13.2. The molecule has 6 heteroatoms. The van der Waals surface area contributed by atoms with E-state index >= 15 is 0 Å². The Kier molecular flexibility index (Phi) is 7.98. The number of aryl methyl sites for hydroxylation is 1. The molecule has 0 aliphatic rings. The van der Waals surface area contributed by atoms with Crippen molar-refractivity contribution in [1.29, 1.82) is 0 Å². The predicted octanol–water partition coefficient (Wildman–Crippen LogP) is 3.27. The van der Waals surface area contributed by atoms with E-state index in [4.69, 9.17) is 11.6 Å². The fourth-order valence-electron chi connectivity index (χ4n) is 2.01. The molecule has 1 atom stereocenters. The minimum Gasteiger partial charge on any atom is -0.351 e. The van der Waals surface area contributed by atoms with Crippen molar-refractivity contribution in [2.75, 3.05) is 12.4 Å². The monoisotopic (exact) mass is 303 g/mol. The van der Waals surface area contributed by atoms with Crippen LogP contribution in [-0.4, -0.2) is 27.9 Å². The van der Waals surface area contributed by atoms with Gasteiger partial charge in [-0.05, 0) is 36.7 Å². The van der Waals surface area contributed by atoms with Crippen LogP contribution in [0.15, 0.2) is 0 Å². The highest BCUT2D eigenvalue weighted by molar-refractivity contribution is 7.08. The van der Waals surface area contributed by atoms with E-state index < -0.39 is 0 Å². The molecule has 1 rings (SSSR count). The molecule has 1 amide bonds. The number of hydrogen-bond donors (Lipinski definition) is 1. The minimum atomic E-state index is -0.0471. The average molecular weight is 304 g/mol. The average Bonchev–Trinajstić information content (AvgIpc) is 2.85. The summed E-state index contributed by atoms with van der Waals surface area (Å²) in [6, 6.07) is 0. The summed E-state index contributed by atoms with van der Waals surface area (Å²) in [7, 11) is 0. The van der Waals surface area contributed by atoms with E-state index in [0.29, 0.717) is 23.2 Å². The second-order valence-corrected chi connectivity index (χ2v) is 5.77. The fourth-order valence-corrected chi connectivity index (χ4v) is 2.94. The number of nitrogens with one attached hydrogen (secondary N) is 1. The molecule has 19 heavy (non-hydrogen) atoms. The molecule has 1 heterocycles. The molecule has 1 unspecified atom stereocenters. The molecule has 0 aliphatic carbocycles. The van der Waals surface area contributed by atoms with E-state index in [1.165, 1.54) is 11.5 Å². The molecule has 0 aromatic carbocycles. The molecule has 108 valence electrons. The van der Waals surface area contributed by atoms with E-state index in [-0.39, 0.29) is 5.91 Å². The summed E-state index contributed by atoms with van der Waals surface area (Å²) < 4.78 is 3.87. The van der Waals surface area contributed by atoms with Crippen LogP contribution in [0, 0.1) is 5.92 Å². The molecule has 0 saturated heterocycles. The van der Waals surface area contributed by atoms with Gasteiger partial charge in [-0.25, -0.2) is 0 Å². The van der Waals surface area contributed by atoms with Gasteiger partial charge in [0.25, 0.3) is 5.91 Å². The van der Waals surface area contributed by atoms with Crippen molar-refractivity contribution in [2.24, 2.45) is 5.92 Å². The topological polar surface area (TPSA) is 54.9 Å². The molecular weight excluding hydrogens is 282 g/mol. The molecular formula is C13H22ClN3OS. The molecule has 0 fully saturated rings. The number of aromatic nitrogens is 2. The van der Waals surface area contributed by atoms with Crippen molar-refractivity contribution in [2.45, 2.75) is 46.0 Å². The van der Waals surface area contributed by atoms with Gasteiger partial charge < -0.3 is 5.32 Å². The van der Waals surface area contributed by atoms with Crippen LogP contribution >= 0.6 is 23.1 Å². The Hall–Kier alpha value is -0.680. The first kappa shape index (κ1) is 16.4. The zero-order valence-electron chi connectivity index (χ0n) is 11.6. The number of carbonyl (C=O) groups excluding carboxylic acids is 1. The summed E-state index contributed by atoms with van der Waals surface area (Å²) in [5.41, 5.74) is 0.814. The van der Waals surface area contributed by atoms with Crippen LogP contribution in [0.3, 0.4) is 0 Å². The SMILES string of the molecule is CCCc1nnsc1C(=O)NCC(CCC)CCCl. The highest BCUT2D eigenvalue weighted by Gasteiger charge is 2.16. The van der Waals surface area contributed by atoms with E-state index in [2.05, 4.69) is 28.8 Å². The van der Waals surface area contributed by atoms with Crippen LogP contribution in [0.4, 0.5) is 0 Å². The van der Waals surface area contributed by atoms with Gasteiger partial charge in [0, 0.05) is 12.4 Å². The minimum absolute atomic E-state index is 0.0471. The Labute approximate surface area is 124 Å². The van der Waals surface area contributed by atoms with Gasteiger partial charge in [-0.3, -0.25) is 4.79 Å². The standard InChI is InChI=1S/C13H22ClN3OS/c1-3-5-10(7-8-14)9-15-13(18)12-11(6-4-2)16-17-19-12/h10H,3-9H2,1-2H3,(H,15,18). The number of alkyl halides is 1. The van der Waals surface area contributed by atoms with Crippen molar-refractivity contribution in [3.8, 4) is 0 Å². The van der Waals surface area contributed by atoms with Gasteiger partial charge in [-0.15, -0.1) is 16.7 Å². The third-order valence-corrected chi connectivity index (χ3v) is 4.00. The highest BCUT2D eigenvalue weighted by Crippen LogP contribution is 2.14.